The van der Waals surface area contributed by atoms with E-state index in [1.54, 1.807) is 6.07 Å². The van der Waals surface area contributed by atoms with Crippen LogP contribution in [0.3, 0.4) is 0 Å². The Balaban J connectivity index is 2.53. The first-order chi connectivity index (χ1) is 7.26. The fourth-order valence-corrected chi connectivity index (χ4v) is 1.90. The van der Waals surface area contributed by atoms with Gasteiger partial charge in [0, 0.05) is 17.4 Å². The monoisotopic (exact) mass is 207 g/mol. The van der Waals surface area contributed by atoms with Crippen LogP contribution in [-0.2, 0) is 0 Å². The van der Waals surface area contributed by atoms with Crippen LogP contribution >= 0.6 is 0 Å². The van der Waals surface area contributed by atoms with Crippen LogP contribution in [0.4, 0.5) is 4.39 Å². The van der Waals surface area contributed by atoms with Gasteiger partial charge in [-0.3, -0.25) is 0 Å². The van der Waals surface area contributed by atoms with Crippen LogP contribution in [-0.4, -0.2) is 5.16 Å². The molecule has 1 aromatic heterocycles. The maximum absolute atomic E-state index is 12.9. The number of fused-ring (bicyclic) bond motifs is 1. The SMILES string of the molecule is CCC(CC)c1noc2cc(F)ccc12. The molecule has 2 aromatic rings. The van der Waals surface area contributed by atoms with Crippen molar-refractivity contribution in [1.82, 2.24) is 5.16 Å². The molecule has 0 spiro atoms. The molecule has 1 heterocycles. The van der Waals surface area contributed by atoms with Crippen molar-refractivity contribution in [2.75, 3.05) is 0 Å². The van der Waals surface area contributed by atoms with Crippen molar-refractivity contribution in [2.45, 2.75) is 32.6 Å². The van der Waals surface area contributed by atoms with Gasteiger partial charge in [0.05, 0.1) is 5.69 Å². The summed E-state index contributed by atoms with van der Waals surface area (Å²) in [6.45, 7) is 4.25. The van der Waals surface area contributed by atoms with E-state index in [2.05, 4.69) is 19.0 Å². The maximum Gasteiger partial charge on any atom is 0.170 e. The molecule has 0 amide bonds. The Labute approximate surface area is 88.1 Å². The van der Waals surface area contributed by atoms with Crippen LogP contribution in [0.5, 0.6) is 0 Å². The van der Waals surface area contributed by atoms with E-state index in [-0.39, 0.29) is 5.82 Å². The van der Waals surface area contributed by atoms with Crippen molar-refractivity contribution in [3.8, 4) is 0 Å². The summed E-state index contributed by atoms with van der Waals surface area (Å²) < 4.78 is 18.0. The van der Waals surface area contributed by atoms with E-state index in [9.17, 15) is 4.39 Å². The largest absolute Gasteiger partial charge is 0.356 e. The standard InChI is InChI=1S/C12H14FNO/c1-3-8(4-2)12-10-6-5-9(13)7-11(10)15-14-12/h5-8H,3-4H2,1-2H3. The van der Waals surface area contributed by atoms with E-state index < -0.39 is 0 Å². The van der Waals surface area contributed by atoms with Crippen LogP contribution in [0.2, 0.25) is 0 Å². The van der Waals surface area contributed by atoms with E-state index >= 15 is 0 Å². The third kappa shape index (κ3) is 1.74. The van der Waals surface area contributed by atoms with E-state index in [0.717, 1.165) is 23.9 Å². The molecular weight excluding hydrogens is 193 g/mol. The molecule has 2 rings (SSSR count). The van der Waals surface area contributed by atoms with Gasteiger partial charge in [0.2, 0.25) is 0 Å². The van der Waals surface area contributed by atoms with E-state index in [1.165, 1.54) is 12.1 Å². The molecule has 0 bridgehead atoms. The van der Waals surface area contributed by atoms with Crippen molar-refractivity contribution in [3.63, 3.8) is 0 Å². The Morgan fingerprint density at radius 3 is 2.73 bits per heavy atom. The minimum Gasteiger partial charge on any atom is -0.356 e. The number of nitrogens with zero attached hydrogens (tertiary/aromatic N) is 1. The van der Waals surface area contributed by atoms with Crippen LogP contribution in [0, 0.1) is 5.82 Å². The lowest BCUT2D eigenvalue weighted by molar-refractivity contribution is 0.431. The topological polar surface area (TPSA) is 26.0 Å². The molecule has 0 aliphatic heterocycles. The van der Waals surface area contributed by atoms with E-state index in [4.69, 9.17) is 4.52 Å². The minimum atomic E-state index is -0.283. The Morgan fingerprint density at radius 2 is 2.07 bits per heavy atom. The highest BCUT2D eigenvalue weighted by Gasteiger charge is 2.16. The van der Waals surface area contributed by atoms with Gasteiger partial charge in [-0.05, 0) is 25.0 Å². The lowest BCUT2D eigenvalue weighted by atomic mass is 9.97. The second kappa shape index (κ2) is 4.01. The average molecular weight is 207 g/mol. The van der Waals surface area contributed by atoms with Crippen LogP contribution in [0.15, 0.2) is 22.7 Å². The summed E-state index contributed by atoms with van der Waals surface area (Å²) in [6, 6.07) is 4.58. The Kier molecular flexibility index (Phi) is 2.71. The van der Waals surface area contributed by atoms with Gasteiger partial charge in [0.15, 0.2) is 5.58 Å². The molecule has 0 saturated heterocycles. The minimum absolute atomic E-state index is 0.283. The summed E-state index contributed by atoms with van der Waals surface area (Å²) in [7, 11) is 0. The molecule has 80 valence electrons. The molecule has 0 fully saturated rings. The van der Waals surface area contributed by atoms with Crippen molar-refractivity contribution in [3.05, 3.63) is 29.7 Å². The fourth-order valence-electron chi connectivity index (χ4n) is 1.90. The Morgan fingerprint density at radius 1 is 1.33 bits per heavy atom. The normalized spacial score (nSPS) is 11.5. The quantitative estimate of drug-likeness (QED) is 0.763. The van der Waals surface area contributed by atoms with Crippen LogP contribution in [0.1, 0.15) is 38.3 Å². The van der Waals surface area contributed by atoms with Gasteiger partial charge in [-0.1, -0.05) is 19.0 Å². The van der Waals surface area contributed by atoms with Crippen molar-refractivity contribution in [1.29, 1.82) is 0 Å². The number of benzene rings is 1. The third-order valence-corrected chi connectivity index (χ3v) is 2.83. The first-order valence-corrected chi connectivity index (χ1v) is 5.31. The molecule has 1 aromatic carbocycles. The second-order valence-electron chi connectivity index (χ2n) is 3.72. The Bertz CT molecular complexity index is 460. The molecule has 0 unspecified atom stereocenters. The average Bonchev–Trinajstić information content (AvgIpc) is 2.63. The molecule has 0 atom stereocenters. The van der Waals surface area contributed by atoms with Crippen molar-refractivity contribution < 1.29 is 8.91 Å². The summed E-state index contributed by atoms with van der Waals surface area (Å²) in [6.07, 6.45) is 2.05. The van der Waals surface area contributed by atoms with Gasteiger partial charge in [0.25, 0.3) is 0 Å². The van der Waals surface area contributed by atoms with Gasteiger partial charge in [-0.25, -0.2) is 4.39 Å². The fraction of sp³-hybridized carbons (Fsp3) is 0.417. The summed E-state index contributed by atoms with van der Waals surface area (Å²) in [5.74, 6) is 0.117. The van der Waals surface area contributed by atoms with Crippen LogP contribution < -0.4 is 0 Å². The zero-order valence-corrected chi connectivity index (χ0v) is 8.96. The number of aromatic nitrogens is 1. The molecule has 0 aliphatic rings. The highest BCUT2D eigenvalue weighted by atomic mass is 19.1. The molecule has 0 saturated carbocycles. The van der Waals surface area contributed by atoms with Crippen molar-refractivity contribution in [2.24, 2.45) is 0 Å². The first kappa shape index (κ1) is 10.1. The van der Waals surface area contributed by atoms with E-state index in [0.29, 0.717) is 11.5 Å². The van der Waals surface area contributed by atoms with Gasteiger partial charge in [-0.15, -0.1) is 0 Å². The zero-order valence-electron chi connectivity index (χ0n) is 8.96. The van der Waals surface area contributed by atoms with Gasteiger partial charge >= 0.3 is 0 Å². The zero-order chi connectivity index (χ0) is 10.8. The predicted octanol–water partition coefficient (Wildman–Crippen LogP) is 3.87. The molecule has 3 heteroatoms. The number of hydrogen-bond donors (Lipinski definition) is 0. The third-order valence-electron chi connectivity index (χ3n) is 2.83. The number of hydrogen-bond acceptors (Lipinski definition) is 2. The molecule has 0 aliphatic carbocycles. The summed E-state index contributed by atoms with van der Waals surface area (Å²) in [5.41, 5.74) is 1.49. The molecular formula is C12H14FNO. The molecule has 15 heavy (non-hydrogen) atoms. The second-order valence-corrected chi connectivity index (χ2v) is 3.72. The van der Waals surface area contributed by atoms with Crippen molar-refractivity contribution >= 4 is 11.0 Å². The predicted molar refractivity (Wildman–Crippen MR) is 57.3 cm³/mol. The van der Waals surface area contributed by atoms with E-state index in [1.807, 2.05) is 0 Å². The summed E-state index contributed by atoms with van der Waals surface area (Å²) >= 11 is 0. The molecule has 0 N–H and O–H groups in total. The highest BCUT2D eigenvalue weighted by molar-refractivity contribution is 5.79. The number of rotatable bonds is 3. The Hall–Kier alpha value is -1.38. The molecule has 0 radical (unpaired) electrons. The summed E-state index contributed by atoms with van der Waals surface area (Å²) in [4.78, 5) is 0. The summed E-state index contributed by atoms with van der Waals surface area (Å²) in [5, 5.41) is 4.97. The van der Waals surface area contributed by atoms with Gasteiger partial charge in [0.1, 0.15) is 5.82 Å². The highest BCUT2D eigenvalue weighted by Crippen LogP contribution is 2.29. The molecule has 2 nitrogen and oxygen atoms in total. The lowest BCUT2D eigenvalue weighted by Crippen LogP contribution is -1.95. The maximum atomic E-state index is 12.9. The smallest absolute Gasteiger partial charge is 0.170 e. The number of halogens is 1. The van der Waals surface area contributed by atoms with Gasteiger partial charge < -0.3 is 4.52 Å². The van der Waals surface area contributed by atoms with Gasteiger partial charge in [-0.2, -0.15) is 0 Å². The van der Waals surface area contributed by atoms with Crippen LogP contribution in [0.25, 0.3) is 11.0 Å². The lowest BCUT2D eigenvalue weighted by Gasteiger charge is -2.07. The first-order valence-electron chi connectivity index (χ1n) is 5.31.